The van der Waals surface area contributed by atoms with Crippen LogP contribution in [0.3, 0.4) is 0 Å². The lowest BCUT2D eigenvalue weighted by molar-refractivity contribution is 0.0562. The van der Waals surface area contributed by atoms with Crippen LogP contribution in [0.2, 0.25) is 0 Å². The Hall–Kier alpha value is -1.92. The summed E-state index contributed by atoms with van der Waals surface area (Å²) < 4.78 is 13.0. The predicted molar refractivity (Wildman–Crippen MR) is 77.6 cm³/mol. The zero-order chi connectivity index (χ0) is 14.7. The zero-order valence-electron chi connectivity index (χ0n) is 12.2. The minimum atomic E-state index is 0.104. The Kier molecular flexibility index (Phi) is 4.17. The fourth-order valence-electron chi connectivity index (χ4n) is 2.76. The summed E-state index contributed by atoms with van der Waals surface area (Å²) in [7, 11) is 1.94. The molecule has 6 nitrogen and oxygen atoms in total. The number of rotatable bonds is 6. The third-order valence-electron chi connectivity index (χ3n) is 3.82. The molecule has 1 aliphatic rings. The molecule has 1 atom stereocenters. The van der Waals surface area contributed by atoms with Gasteiger partial charge < -0.3 is 9.15 Å². The summed E-state index contributed by atoms with van der Waals surface area (Å²) in [4.78, 5) is 2.33. The number of furan rings is 1. The van der Waals surface area contributed by atoms with Crippen molar-refractivity contribution in [3.63, 3.8) is 0 Å². The first kappa shape index (κ1) is 14.0. The molecular formula is C15H20N4O2. The van der Waals surface area contributed by atoms with Gasteiger partial charge in [0.25, 0.3) is 0 Å². The van der Waals surface area contributed by atoms with Crippen LogP contribution in [0.15, 0.2) is 35.5 Å². The van der Waals surface area contributed by atoms with E-state index >= 15 is 0 Å². The van der Waals surface area contributed by atoms with E-state index in [0.717, 1.165) is 31.0 Å². The van der Waals surface area contributed by atoms with Gasteiger partial charge in [0.05, 0.1) is 37.8 Å². The van der Waals surface area contributed by atoms with E-state index in [1.165, 1.54) is 5.69 Å². The molecule has 2 aromatic heterocycles. The summed E-state index contributed by atoms with van der Waals surface area (Å²) in [5.74, 6) is 0.955. The van der Waals surface area contributed by atoms with Crippen LogP contribution >= 0.6 is 0 Å². The molecule has 6 heteroatoms. The maximum atomic E-state index is 5.67. The van der Waals surface area contributed by atoms with Crippen LogP contribution in [0.5, 0.6) is 0 Å². The van der Waals surface area contributed by atoms with Crippen molar-refractivity contribution in [2.45, 2.75) is 19.0 Å². The van der Waals surface area contributed by atoms with Crippen molar-refractivity contribution < 1.29 is 9.15 Å². The van der Waals surface area contributed by atoms with Crippen molar-refractivity contribution >= 4 is 0 Å². The summed E-state index contributed by atoms with van der Waals surface area (Å²) in [6, 6.07) is 4.01. The summed E-state index contributed by atoms with van der Waals surface area (Å²) >= 11 is 0. The Morgan fingerprint density at radius 3 is 3.24 bits per heavy atom. The first-order chi connectivity index (χ1) is 10.3. The van der Waals surface area contributed by atoms with Crippen molar-refractivity contribution in [1.82, 2.24) is 19.9 Å². The van der Waals surface area contributed by atoms with Crippen LogP contribution < -0.4 is 0 Å². The molecule has 2 aromatic rings. The maximum absolute atomic E-state index is 5.67. The highest BCUT2D eigenvalue weighted by molar-refractivity contribution is 5.19. The average molecular weight is 288 g/mol. The fraction of sp³-hybridized carbons (Fsp3) is 0.467. The normalized spacial score (nSPS) is 18.6. The van der Waals surface area contributed by atoms with Crippen molar-refractivity contribution in [2.24, 2.45) is 7.05 Å². The standard InChI is InChI=1S/C15H20N4O2/c1-3-8-20-11-14-15-13(18(2)17-16-15)6-7-19(14)10-12-5-4-9-21-12/h3-5,9,14H,1,6-8,10-11H2,2H3. The monoisotopic (exact) mass is 288 g/mol. The first-order valence-corrected chi connectivity index (χ1v) is 7.13. The maximum Gasteiger partial charge on any atom is 0.117 e. The Labute approximate surface area is 124 Å². The molecule has 1 aliphatic heterocycles. The highest BCUT2D eigenvalue weighted by Gasteiger charge is 2.32. The second kappa shape index (κ2) is 6.24. The topological polar surface area (TPSA) is 56.3 Å². The Morgan fingerprint density at radius 2 is 2.48 bits per heavy atom. The van der Waals surface area contributed by atoms with Gasteiger partial charge in [-0.05, 0) is 12.1 Å². The number of nitrogens with zero attached hydrogens (tertiary/aromatic N) is 4. The number of hydrogen-bond acceptors (Lipinski definition) is 5. The second-order valence-electron chi connectivity index (χ2n) is 5.19. The third-order valence-corrected chi connectivity index (χ3v) is 3.82. The van der Waals surface area contributed by atoms with E-state index in [0.29, 0.717) is 13.2 Å². The van der Waals surface area contributed by atoms with Crippen molar-refractivity contribution in [1.29, 1.82) is 0 Å². The van der Waals surface area contributed by atoms with Gasteiger partial charge in [-0.3, -0.25) is 9.58 Å². The number of ether oxygens (including phenoxy) is 1. The number of aromatic nitrogens is 3. The molecule has 0 amide bonds. The van der Waals surface area contributed by atoms with Crippen LogP contribution in [0.4, 0.5) is 0 Å². The minimum absolute atomic E-state index is 0.104. The lowest BCUT2D eigenvalue weighted by atomic mass is 10.0. The molecule has 0 aromatic carbocycles. The van der Waals surface area contributed by atoms with E-state index in [4.69, 9.17) is 9.15 Å². The van der Waals surface area contributed by atoms with Crippen LogP contribution in [0, 0.1) is 0 Å². The average Bonchev–Trinajstić information content (AvgIpc) is 3.11. The van der Waals surface area contributed by atoms with E-state index in [1.54, 1.807) is 12.3 Å². The molecule has 0 saturated carbocycles. The lowest BCUT2D eigenvalue weighted by Crippen LogP contribution is -2.38. The highest BCUT2D eigenvalue weighted by atomic mass is 16.5. The summed E-state index contributed by atoms with van der Waals surface area (Å²) in [6.07, 6.45) is 4.41. The molecule has 1 unspecified atom stereocenters. The van der Waals surface area contributed by atoms with Gasteiger partial charge in [0.1, 0.15) is 11.5 Å². The van der Waals surface area contributed by atoms with Gasteiger partial charge in [-0.25, -0.2) is 0 Å². The molecule has 0 N–H and O–H groups in total. The number of hydrogen-bond donors (Lipinski definition) is 0. The quantitative estimate of drug-likeness (QED) is 0.598. The molecule has 0 saturated heterocycles. The van der Waals surface area contributed by atoms with Gasteiger partial charge in [0.2, 0.25) is 0 Å². The highest BCUT2D eigenvalue weighted by Crippen LogP contribution is 2.29. The molecule has 0 aliphatic carbocycles. The Balaban J connectivity index is 1.80. The van der Waals surface area contributed by atoms with Crippen molar-refractivity contribution in [3.8, 4) is 0 Å². The summed E-state index contributed by atoms with van der Waals surface area (Å²) in [5, 5.41) is 8.48. The van der Waals surface area contributed by atoms with Crippen molar-refractivity contribution in [2.75, 3.05) is 19.8 Å². The molecule has 0 fully saturated rings. The summed E-state index contributed by atoms with van der Waals surface area (Å²) in [5.41, 5.74) is 2.21. The Bertz CT molecular complexity index is 591. The number of fused-ring (bicyclic) bond motifs is 1. The zero-order valence-corrected chi connectivity index (χ0v) is 12.2. The Morgan fingerprint density at radius 1 is 1.57 bits per heavy atom. The van der Waals surface area contributed by atoms with Gasteiger partial charge >= 0.3 is 0 Å². The molecular weight excluding hydrogens is 268 g/mol. The molecule has 0 radical (unpaired) electrons. The SMILES string of the molecule is C=CCOCC1c2nnn(C)c2CCN1Cc1ccco1. The number of aryl methyl sites for hydroxylation is 1. The smallest absolute Gasteiger partial charge is 0.117 e. The van der Waals surface area contributed by atoms with Gasteiger partial charge in [0, 0.05) is 20.0 Å². The van der Waals surface area contributed by atoms with Crippen molar-refractivity contribution in [3.05, 3.63) is 48.2 Å². The molecule has 0 bridgehead atoms. The predicted octanol–water partition coefficient (Wildman–Crippen LogP) is 1.71. The fourth-order valence-corrected chi connectivity index (χ4v) is 2.76. The molecule has 112 valence electrons. The van der Waals surface area contributed by atoms with E-state index in [2.05, 4.69) is 21.8 Å². The van der Waals surface area contributed by atoms with Crippen LogP contribution in [0.25, 0.3) is 0 Å². The van der Waals surface area contributed by atoms with Gasteiger partial charge in [-0.15, -0.1) is 11.7 Å². The lowest BCUT2D eigenvalue weighted by Gasteiger charge is -2.33. The van der Waals surface area contributed by atoms with Crippen LogP contribution in [-0.4, -0.2) is 39.7 Å². The van der Waals surface area contributed by atoms with E-state index in [9.17, 15) is 0 Å². The van der Waals surface area contributed by atoms with Gasteiger partial charge in [0.15, 0.2) is 0 Å². The van der Waals surface area contributed by atoms with Gasteiger partial charge in [-0.1, -0.05) is 11.3 Å². The molecule has 0 spiro atoms. The largest absolute Gasteiger partial charge is 0.468 e. The van der Waals surface area contributed by atoms with E-state index in [1.807, 2.05) is 23.9 Å². The van der Waals surface area contributed by atoms with E-state index < -0.39 is 0 Å². The molecule has 3 rings (SSSR count). The van der Waals surface area contributed by atoms with E-state index in [-0.39, 0.29) is 6.04 Å². The first-order valence-electron chi connectivity index (χ1n) is 7.13. The summed E-state index contributed by atoms with van der Waals surface area (Å²) in [6.45, 7) is 6.51. The van der Waals surface area contributed by atoms with Crippen LogP contribution in [0.1, 0.15) is 23.2 Å². The third kappa shape index (κ3) is 2.91. The molecule has 3 heterocycles. The second-order valence-corrected chi connectivity index (χ2v) is 5.19. The van der Waals surface area contributed by atoms with Crippen LogP contribution in [-0.2, 0) is 24.8 Å². The molecule has 21 heavy (non-hydrogen) atoms. The van der Waals surface area contributed by atoms with Gasteiger partial charge in [-0.2, -0.15) is 0 Å². The minimum Gasteiger partial charge on any atom is -0.468 e.